The molecule has 60 heavy (non-hydrogen) atoms. The molecule has 0 aliphatic rings. The zero-order chi connectivity index (χ0) is 44.7. The van der Waals surface area contributed by atoms with Crippen LogP contribution in [-0.4, -0.2) is 86.2 Å². The number of carbonyl (C=O) groups excluding carboxylic acids is 6. The van der Waals surface area contributed by atoms with Gasteiger partial charge in [0, 0.05) is 32.0 Å². The highest BCUT2D eigenvalue weighted by atomic mass is 32.1. The van der Waals surface area contributed by atoms with Gasteiger partial charge in [0.1, 0.15) is 34.5 Å². The van der Waals surface area contributed by atoms with Gasteiger partial charge in [-0.1, -0.05) is 77.1 Å². The van der Waals surface area contributed by atoms with Crippen molar-refractivity contribution in [1.29, 1.82) is 0 Å². The molecule has 3 aromatic rings. The molecule has 0 bridgehead atoms. The minimum Gasteiger partial charge on any atom is -0.465 e. The highest BCUT2D eigenvalue weighted by Gasteiger charge is 2.33. The first-order chi connectivity index (χ1) is 28.3. The highest BCUT2D eigenvalue weighted by Crippen LogP contribution is 2.34. The molecule has 0 fully saturated rings. The molecule has 2 aromatic carbocycles. The number of benzene rings is 2. The summed E-state index contributed by atoms with van der Waals surface area (Å²) < 4.78 is 23.9. The Bertz CT molecular complexity index is 1930. The van der Waals surface area contributed by atoms with Crippen molar-refractivity contribution < 1.29 is 42.6 Å². The molecule has 3 rings (SSSR count). The van der Waals surface area contributed by atoms with E-state index in [2.05, 4.69) is 31.9 Å². The van der Waals surface area contributed by atoms with E-state index in [0.29, 0.717) is 22.0 Å². The van der Waals surface area contributed by atoms with Gasteiger partial charge in [-0.15, -0.1) is 11.3 Å². The van der Waals surface area contributed by atoms with Crippen LogP contribution in [0.25, 0.3) is 0 Å². The molecule has 4 atom stereocenters. The maximum absolute atomic E-state index is 13.7. The third kappa shape index (κ3) is 14.6. The predicted molar refractivity (Wildman–Crippen MR) is 231 cm³/mol. The van der Waals surface area contributed by atoms with Gasteiger partial charge in [-0.2, -0.15) is 0 Å². The monoisotopic (exact) mass is 852 g/mol. The number of halogens is 1. The summed E-state index contributed by atoms with van der Waals surface area (Å²) in [7, 11) is 1.26. The Balaban J connectivity index is 1.64. The van der Waals surface area contributed by atoms with Gasteiger partial charge < -0.3 is 41.4 Å². The molecule has 6 N–H and O–H groups in total. The molecule has 0 radical (unpaired) electrons. The summed E-state index contributed by atoms with van der Waals surface area (Å²) in [5, 5.41) is 17.5. The van der Waals surface area contributed by atoms with Crippen molar-refractivity contribution in [2.45, 2.75) is 105 Å². The van der Waals surface area contributed by atoms with Crippen molar-refractivity contribution in [3.63, 3.8) is 0 Å². The van der Waals surface area contributed by atoms with Crippen LogP contribution in [0.2, 0.25) is 0 Å². The summed E-state index contributed by atoms with van der Waals surface area (Å²) >= 11 is 1.11. The predicted octanol–water partition coefficient (Wildman–Crippen LogP) is 5.85. The number of esters is 1. The number of anilines is 1. The Labute approximate surface area is 356 Å². The Morgan fingerprint density at radius 2 is 1.37 bits per heavy atom. The van der Waals surface area contributed by atoms with Gasteiger partial charge >= 0.3 is 12.1 Å². The third-order valence-electron chi connectivity index (χ3n) is 9.58. The molecular weight excluding hydrogens is 792 g/mol. The topological polar surface area (TPSA) is 193 Å². The van der Waals surface area contributed by atoms with Crippen LogP contribution in [0.15, 0.2) is 54.6 Å². The maximum atomic E-state index is 13.7. The van der Waals surface area contributed by atoms with Crippen molar-refractivity contribution >= 4 is 52.0 Å². The minimum absolute atomic E-state index is 0.0132. The number of thiophene rings is 1. The molecule has 0 spiro atoms. The van der Waals surface area contributed by atoms with E-state index in [1.54, 1.807) is 67.5 Å². The van der Waals surface area contributed by atoms with E-state index in [9.17, 15) is 33.2 Å². The van der Waals surface area contributed by atoms with E-state index >= 15 is 0 Å². The number of hydrogen-bond acceptors (Lipinski definition) is 10. The molecule has 328 valence electrons. The van der Waals surface area contributed by atoms with Crippen molar-refractivity contribution in [3.05, 3.63) is 87.5 Å². The largest absolute Gasteiger partial charge is 0.465 e. The van der Waals surface area contributed by atoms with Crippen LogP contribution >= 0.6 is 11.3 Å². The molecule has 1 unspecified atom stereocenters. The summed E-state index contributed by atoms with van der Waals surface area (Å²) in [6.45, 7) is 16.3. The van der Waals surface area contributed by atoms with Crippen molar-refractivity contribution in [2.75, 3.05) is 32.1 Å². The number of alkyl carbamates (subject to hydrolysis) is 1. The van der Waals surface area contributed by atoms with E-state index in [1.807, 2.05) is 37.3 Å². The minimum atomic E-state index is -1.06. The average molecular weight is 853 g/mol. The lowest BCUT2D eigenvalue weighted by molar-refractivity contribution is -0.134. The summed E-state index contributed by atoms with van der Waals surface area (Å²) in [5.41, 5.74) is 1.59. The van der Waals surface area contributed by atoms with Gasteiger partial charge in [-0.3, -0.25) is 19.2 Å². The van der Waals surface area contributed by atoms with E-state index in [4.69, 9.17) is 9.47 Å². The number of rotatable bonds is 20. The van der Waals surface area contributed by atoms with Crippen molar-refractivity contribution in [2.24, 2.45) is 11.8 Å². The van der Waals surface area contributed by atoms with Gasteiger partial charge in [0.15, 0.2) is 0 Å². The molecule has 5 amide bonds. The van der Waals surface area contributed by atoms with Gasteiger partial charge in [0.25, 0.3) is 5.91 Å². The standard InChI is InChI=1S/C44H61FN6O8S/c1-11-29(30-17-19-31(45)20-18-30)24-48-41-33(42(56)58-10)27(6)36(60-41)40(55)47-22-21-46-38(53)34(25(2)3)51-39(54)35(26(4)5)50-37(52)32(23-28-15-13-12-14-16-28)49-43(57)59-44(7,8)9/h12-20,25-26,29,32,34-35,48H,11,21-24H2,1-10H3,(H,46,53)(H,47,55)(H,49,57)(H,50,52)(H,51,54)/t29?,32-,34-,35-/m0/s1. The number of hydrogen-bond donors (Lipinski definition) is 6. The number of nitrogens with one attached hydrogen (secondary N) is 6. The van der Waals surface area contributed by atoms with Crippen LogP contribution in [0.3, 0.4) is 0 Å². The van der Waals surface area contributed by atoms with E-state index in [-0.39, 0.29) is 42.7 Å². The first-order valence-corrected chi connectivity index (χ1v) is 21.0. The first kappa shape index (κ1) is 48.9. The fourth-order valence-electron chi connectivity index (χ4n) is 6.28. The Kier molecular flexibility index (Phi) is 18.5. The summed E-state index contributed by atoms with van der Waals surface area (Å²) in [5.74, 6) is -3.78. The molecular formula is C44H61FN6O8S. The van der Waals surface area contributed by atoms with Gasteiger partial charge in [0.05, 0.1) is 17.6 Å². The Morgan fingerprint density at radius 3 is 1.93 bits per heavy atom. The van der Waals surface area contributed by atoms with Crippen LogP contribution < -0.4 is 31.9 Å². The fourth-order valence-corrected chi connectivity index (χ4v) is 7.40. The normalized spacial score (nSPS) is 13.3. The second-order valence-electron chi connectivity index (χ2n) is 16.2. The van der Waals surface area contributed by atoms with E-state index < -0.39 is 65.3 Å². The second kappa shape index (κ2) is 22.7. The fraction of sp³-hybridized carbons (Fsp3) is 0.500. The third-order valence-corrected chi connectivity index (χ3v) is 10.8. The Morgan fingerprint density at radius 1 is 0.783 bits per heavy atom. The lowest BCUT2D eigenvalue weighted by Crippen LogP contribution is -2.59. The molecule has 14 nitrogen and oxygen atoms in total. The molecule has 0 saturated carbocycles. The average Bonchev–Trinajstić information content (AvgIpc) is 3.52. The number of carbonyl (C=O) groups is 6. The van der Waals surface area contributed by atoms with Crippen molar-refractivity contribution in [3.8, 4) is 0 Å². The molecule has 0 aliphatic carbocycles. The van der Waals surface area contributed by atoms with Crippen LogP contribution in [0.4, 0.5) is 14.2 Å². The first-order valence-electron chi connectivity index (χ1n) is 20.2. The highest BCUT2D eigenvalue weighted by molar-refractivity contribution is 7.18. The zero-order valence-electron chi connectivity index (χ0n) is 36.2. The molecule has 1 aromatic heterocycles. The van der Waals surface area contributed by atoms with Crippen LogP contribution in [0.1, 0.15) is 104 Å². The van der Waals surface area contributed by atoms with Gasteiger partial charge in [-0.05, 0) is 74.8 Å². The van der Waals surface area contributed by atoms with Gasteiger partial charge in [0.2, 0.25) is 17.7 Å². The zero-order valence-corrected chi connectivity index (χ0v) is 37.1. The molecule has 0 saturated heterocycles. The number of ether oxygens (including phenoxy) is 2. The number of amides is 5. The summed E-state index contributed by atoms with van der Waals surface area (Å²) in [4.78, 5) is 80.0. The van der Waals surface area contributed by atoms with E-state index in [0.717, 1.165) is 28.9 Å². The van der Waals surface area contributed by atoms with E-state index in [1.165, 1.54) is 19.2 Å². The number of methoxy groups -OCH3 is 1. The maximum Gasteiger partial charge on any atom is 0.408 e. The SMILES string of the molecule is CCC(CNc1sc(C(=O)NCCNC(=O)[C@@H](NC(=O)[C@@H](NC(=O)[C@H](Cc2ccccc2)NC(=O)OC(C)(C)C)C(C)C)C(C)C)c(C)c1C(=O)OC)c1ccc(F)cc1. The molecule has 16 heteroatoms. The summed E-state index contributed by atoms with van der Waals surface area (Å²) in [6, 6.07) is 12.3. The smallest absolute Gasteiger partial charge is 0.408 e. The van der Waals surface area contributed by atoms with Crippen LogP contribution in [-0.2, 0) is 30.3 Å². The van der Waals surface area contributed by atoms with Crippen LogP contribution in [0.5, 0.6) is 0 Å². The molecule has 1 heterocycles. The lowest BCUT2D eigenvalue weighted by Gasteiger charge is -2.29. The molecule has 0 aliphatic heterocycles. The van der Waals surface area contributed by atoms with Crippen LogP contribution in [0, 0.1) is 24.6 Å². The van der Waals surface area contributed by atoms with Gasteiger partial charge in [-0.25, -0.2) is 14.0 Å². The summed E-state index contributed by atoms with van der Waals surface area (Å²) in [6.07, 6.45) is 0.104. The van der Waals surface area contributed by atoms with Crippen molar-refractivity contribution in [1.82, 2.24) is 26.6 Å². The quantitative estimate of drug-likeness (QED) is 0.0598. The Hall–Kier alpha value is -5.51. The lowest BCUT2D eigenvalue weighted by atomic mass is 9.96. The second-order valence-corrected chi connectivity index (χ2v) is 17.2.